The number of anilines is 2. The Morgan fingerprint density at radius 2 is 1.86 bits per heavy atom. The van der Waals surface area contributed by atoms with Gasteiger partial charge in [-0.3, -0.25) is 0 Å². The number of aromatic nitrogens is 1. The summed E-state index contributed by atoms with van der Waals surface area (Å²) in [7, 11) is -0.263. The zero-order chi connectivity index (χ0) is 15.0. The third-order valence-electron chi connectivity index (χ3n) is 3.10. The first-order chi connectivity index (χ1) is 9.95. The molecule has 0 bridgehead atoms. The van der Waals surface area contributed by atoms with E-state index in [4.69, 9.17) is 4.42 Å². The maximum Gasteiger partial charge on any atom is 0.401 e. The summed E-state index contributed by atoms with van der Waals surface area (Å²) in [6, 6.07) is 11.7. The molecule has 0 saturated carbocycles. The quantitative estimate of drug-likeness (QED) is 0.711. The molecular weight excluding hydrogens is 284 g/mol. The van der Waals surface area contributed by atoms with Crippen LogP contribution in [-0.4, -0.2) is 4.98 Å². The van der Waals surface area contributed by atoms with Crippen LogP contribution in [0.2, 0.25) is 0 Å². The molecule has 0 radical (unpaired) electrons. The molecule has 3 rings (SSSR count). The Bertz CT molecular complexity index is 829. The molecule has 0 amide bonds. The number of nitrogens with one attached hydrogen (secondary N) is 1. The van der Waals surface area contributed by atoms with Gasteiger partial charge in [-0.15, -0.1) is 0 Å². The van der Waals surface area contributed by atoms with E-state index in [1.54, 1.807) is 0 Å². The van der Waals surface area contributed by atoms with Gasteiger partial charge in [0.1, 0.15) is 15.6 Å². The van der Waals surface area contributed by atoms with Gasteiger partial charge in [-0.05, 0) is 43.4 Å². The fraction of sp³-hybridized carbons (Fsp3) is 0.250. The van der Waals surface area contributed by atoms with Gasteiger partial charge in [0.2, 0.25) is 0 Å². The lowest BCUT2D eigenvalue weighted by Crippen LogP contribution is -2.08. The number of para-hydroxylation sites is 1. The molecule has 1 unspecified atom stereocenters. The molecule has 5 heteroatoms. The fourth-order valence-corrected chi connectivity index (χ4v) is 4.13. The monoisotopic (exact) mass is 301 g/mol. The van der Waals surface area contributed by atoms with Crippen molar-refractivity contribution in [2.45, 2.75) is 25.5 Å². The molecular formula is C16H17N2O2S+. The topological polar surface area (TPSA) is 55.1 Å². The van der Waals surface area contributed by atoms with Crippen molar-refractivity contribution < 1.29 is 4.42 Å². The smallest absolute Gasteiger partial charge is 0.385 e. The normalized spacial score (nSPS) is 12.6. The van der Waals surface area contributed by atoms with Crippen LogP contribution in [0.1, 0.15) is 20.8 Å². The van der Waals surface area contributed by atoms with E-state index in [1.165, 1.54) is 0 Å². The van der Waals surface area contributed by atoms with E-state index in [2.05, 4.69) is 36.5 Å². The predicted molar refractivity (Wildman–Crippen MR) is 87.5 cm³/mol. The Hall–Kier alpha value is -2.14. The number of nitrogens with zero attached hydrogens (tertiary/aromatic N) is 1. The number of benzene rings is 1. The molecule has 1 aromatic carbocycles. The van der Waals surface area contributed by atoms with Crippen molar-refractivity contribution in [3.63, 3.8) is 0 Å². The van der Waals surface area contributed by atoms with E-state index in [0.717, 1.165) is 5.69 Å². The highest BCUT2D eigenvalue weighted by Crippen LogP contribution is 2.41. The van der Waals surface area contributed by atoms with Gasteiger partial charge >= 0.3 is 11.6 Å². The fourth-order valence-electron chi connectivity index (χ4n) is 2.15. The molecule has 2 aromatic heterocycles. The second-order valence-electron chi connectivity index (χ2n) is 5.76. The van der Waals surface area contributed by atoms with Crippen LogP contribution in [0, 0.1) is 0 Å². The maximum absolute atomic E-state index is 12.3. The minimum atomic E-state index is -0.304. The molecule has 0 spiro atoms. The van der Waals surface area contributed by atoms with E-state index in [9.17, 15) is 4.79 Å². The molecule has 0 aliphatic heterocycles. The molecule has 0 saturated heterocycles. The average molecular weight is 301 g/mol. The van der Waals surface area contributed by atoms with Crippen molar-refractivity contribution in [1.82, 2.24) is 4.98 Å². The maximum atomic E-state index is 12.3. The molecule has 1 N–H and O–H groups in total. The van der Waals surface area contributed by atoms with Crippen LogP contribution in [0.3, 0.4) is 0 Å². The molecule has 0 aliphatic carbocycles. The van der Waals surface area contributed by atoms with Crippen molar-refractivity contribution >= 4 is 32.4 Å². The van der Waals surface area contributed by atoms with Gasteiger partial charge < -0.3 is 9.73 Å². The molecule has 3 aromatic rings. The highest BCUT2D eigenvalue weighted by Gasteiger charge is 2.31. The van der Waals surface area contributed by atoms with Crippen LogP contribution in [-0.2, 0) is 4.75 Å². The Balaban J connectivity index is 2.07. The van der Waals surface area contributed by atoms with Crippen molar-refractivity contribution in [2.75, 3.05) is 5.32 Å². The van der Waals surface area contributed by atoms with E-state index < -0.39 is 0 Å². The summed E-state index contributed by atoms with van der Waals surface area (Å²) in [6.07, 6.45) is 0. The Morgan fingerprint density at radius 1 is 1.14 bits per heavy atom. The van der Waals surface area contributed by atoms with Gasteiger partial charge in [-0.1, -0.05) is 18.2 Å². The molecule has 4 nitrogen and oxygen atoms in total. The number of thiophene rings is 1. The van der Waals surface area contributed by atoms with Crippen LogP contribution < -0.4 is 10.9 Å². The van der Waals surface area contributed by atoms with Crippen LogP contribution in [0.4, 0.5) is 11.7 Å². The minimum Gasteiger partial charge on any atom is -0.385 e. The van der Waals surface area contributed by atoms with E-state index >= 15 is 0 Å². The lowest BCUT2D eigenvalue weighted by atomic mass is 10.3. The van der Waals surface area contributed by atoms with E-state index in [-0.39, 0.29) is 26.9 Å². The predicted octanol–water partition coefficient (Wildman–Crippen LogP) is 4.44. The number of hydrogen-bond acceptors (Lipinski definition) is 4. The number of rotatable bonds is 2. The van der Waals surface area contributed by atoms with Gasteiger partial charge in [0, 0.05) is 11.8 Å². The second-order valence-corrected chi connectivity index (χ2v) is 8.35. The van der Waals surface area contributed by atoms with Gasteiger partial charge in [0.25, 0.3) is 4.70 Å². The Morgan fingerprint density at radius 3 is 2.52 bits per heavy atom. The Kier molecular flexibility index (Phi) is 3.29. The molecule has 21 heavy (non-hydrogen) atoms. The largest absolute Gasteiger partial charge is 0.401 e. The summed E-state index contributed by atoms with van der Waals surface area (Å²) in [6.45, 7) is 6.35. The van der Waals surface area contributed by atoms with Gasteiger partial charge in [-0.25, -0.2) is 4.79 Å². The van der Waals surface area contributed by atoms with Crippen LogP contribution in [0.5, 0.6) is 0 Å². The van der Waals surface area contributed by atoms with Crippen LogP contribution in [0.25, 0.3) is 10.2 Å². The summed E-state index contributed by atoms with van der Waals surface area (Å²) in [5.41, 5.74) is 1.24. The Labute approximate surface area is 125 Å². The van der Waals surface area contributed by atoms with Crippen molar-refractivity contribution in [1.29, 1.82) is 0 Å². The van der Waals surface area contributed by atoms with Crippen LogP contribution in [0.15, 0.2) is 51.0 Å². The summed E-state index contributed by atoms with van der Waals surface area (Å²) >= 11 is 0. The highest BCUT2D eigenvalue weighted by atomic mass is 32.2. The number of hydrogen-bond donors (Lipinski definition) is 1. The van der Waals surface area contributed by atoms with Gasteiger partial charge in [0.05, 0.1) is 0 Å². The zero-order valence-corrected chi connectivity index (χ0v) is 13.0. The molecule has 0 fully saturated rings. The SMILES string of the molecule is CC(C)(C)[s+]1ccc2nc(Nc3ccccc3)oc(=O)c21. The summed E-state index contributed by atoms with van der Waals surface area (Å²) in [4.78, 5) is 16.7. The lowest BCUT2D eigenvalue weighted by molar-refractivity contribution is 0.523. The summed E-state index contributed by atoms with van der Waals surface area (Å²) in [5.74, 6) is 0. The molecule has 1 atom stereocenters. The first kappa shape index (κ1) is 13.8. The minimum absolute atomic E-state index is 0.00746. The third kappa shape index (κ3) is 2.69. The van der Waals surface area contributed by atoms with E-state index in [1.807, 2.05) is 36.4 Å². The summed E-state index contributed by atoms with van der Waals surface area (Å²) in [5, 5.41) is 5.08. The molecule has 108 valence electrons. The zero-order valence-electron chi connectivity index (χ0n) is 12.2. The third-order valence-corrected chi connectivity index (χ3v) is 5.64. The standard InChI is InChI=1S/C16H16N2O2S/c1-16(2,3)21-10-9-12-13(21)14(19)20-15(18-12)17-11-7-5-4-6-8-11/h4-10H,1-3H3/p+1. The van der Waals surface area contributed by atoms with Gasteiger partial charge in [-0.2, -0.15) is 4.98 Å². The van der Waals surface area contributed by atoms with E-state index in [0.29, 0.717) is 10.2 Å². The number of fused-ring (bicyclic) bond motifs is 1. The first-order valence-corrected chi connectivity index (χ1v) is 8.02. The van der Waals surface area contributed by atoms with Crippen LogP contribution >= 0.6 is 10.5 Å². The molecule has 2 heterocycles. The highest BCUT2D eigenvalue weighted by molar-refractivity contribution is 7.37. The van der Waals surface area contributed by atoms with Crippen molar-refractivity contribution in [2.24, 2.45) is 0 Å². The molecule has 0 aliphatic rings. The van der Waals surface area contributed by atoms with Gasteiger partial charge in [0.15, 0.2) is 0 Å². The average Bonchev–Trinajstić information content (AvgIpc) is 2.84. The first-order valence-electron chi connectivity index (χ1n) is 6.74. The van der Waals surface area contributed by atoms with Crippen molar-refractivity contribution in [3.05, 3.63) is 52.2 Å². The summed E-state index contributed by atoms with van der Waals surface area (Å²) < 4.78 is 6.01. The lowest BCUT2D eigenvalue weighted by Gasteiger charge is -2.08. The second kappa shape index (κ2) is 5.00. The van der Waals surface area contributed by atoms with Crippen molar-refractivity contribution in [3.8, 4) is 0 Å².